The van der Waals surface area contributed by atoms with E-state index in [1.807, 2.05) is 30.3 Å². The van der Waals surface area contributed by atoms with Crippen LogP contribution >= 0.6 is 12.2 Å². The molecule has 1 aromatic carbocycles. The van der Waals surface area contributed by atoms with Crippen LogP contribution in [-0.2, 0) is 9.53 Å². The molecule has 5 nitrogen and oxygen atoms in total. The van der Waals surface area contributed by atoms with Gasteiger partial charge in [0.2, 0.25) is 5.91 Å². The molecule has 0 spiro atoms. The van der Waals surface area contributed by atoms with Gasteiger partial charge < -0.3 is 15.2 Å². The summed E-state index contributed by atoms with van der Waals surface area (Å²) in [5.41, 5.74) is 0.822. The Morgan fingerprint density at radius 1 is 1.14 bits per heavy atom. The number of hydrogen-bond donors (Lipinski definition) is 2. The Bertz CT molecular complexity index is 605. The van der Waals surface area contributed by atoms with Crippen molar-refractivity contribution < 1.29 is 14.6 Å². The van der Waals surface area contributed by atoms with Gasteiger partial charge in [0.25, 0.3) is 0 Å². The molecule has 2 rings (SSSR count). The maximum Gasteiger partial charge on any atom is 0.220 e. The molecule has 1 saturated heterocycles. The summed E-state index contributed by atoms with van der Waals surface area (Å²) in [5.74, 6) is -0.0189. The first-order chi connectivity index (χ1) is 14.1. The number of nitrogens with zero attached hydrogens (tertiary/aromatic N) is 1. The maximum atomic E-state index is 12.6. The quantitative estimate of drug-likeness (QED) is 0.377. The van der Waals surface area contributed by atoms with Crippen LogP contribution in [0, 0.1) is 0 Å². The van der Waals surface area contributed by atoms with E-state index in [1.54, 1.807) is 0 Å². The highest BCUT2D eigenvalue weighted by atomic mass is 32.1. The van der Waals surface area contributed by atoms with Gasteiger partial charge >= 0.3 is 0 Å². The molecule has 29 heavy (non-hydrogen) atoms. The fraction of sp³-hybridized carbons (Fsp3) is 0.652. The summed E-state index contributed by atoms with van der Waals surface area (Å²) in [7, 11) is 0. The molecule has 6 heteroatoms. The van der Waals surface area contributed by atoms with Crippen LogP contribution in [0.1, 0.15) is 63.5 Å². The molecule has 0 aromatic heterocycles. The lowest BCUT2D eigenvalue weighted by atomic mass is 10.0. The summed E-state index contributed by atoms with van der Waals surface area (Å²) in [5, 5.41) is 14.0. The molecular weight excluding hydrogens is 384 g/mol. The van der Waals surface area contributed by atoms with Crippen LogP contribution in [0.4, 0.5) is 0 Å². The Labute approximate surface area is 180 Å². The van der Waals surface area contributed by atoms with Gasteiger partial charge in [-0.05, 0) is 36.1 Å². The number of aliphatic hydroxyl groups excluding tert-OH is 1. The van der Waals surface area contributed by atoms with Crippen molar-refractivity contribution in [3.63, 3.8) is 0 Å². The number of unbranched alkanes of at least 4 members (excludes halogenated alkanes) is 2. The van der Waals surface area contributed by atoms with Crippen molar-refractivity contribution in [2.24, 2.45) is 0 Å². The van der Waals surface area contributed by atoms with Gasteiger partial charge in [0, 0.05) is 26.1 Å². The van der Waals surface area contributed by atoms with Gasteiger partial charge in [-0.2, -0.15) is 0 Å². The van der Waals surface area contributed by atoms with E-state index in [9.17, 15) is 9.90 Å². The second-order valence-electron chi connectivity index (χ2n) is 7.79. The first-order valence-electron chi connectivity index (χ1n) is 10.9. The topological polar surface area (TPSA) is 61.8 Å². The number of amides is 1. The van der Waals surface area contributed by atoms with E-state index in [0.29, 0.717) is 26.2 Å². The van der Waals surface area contributed by atoms with E-state index in [2.05, 4.69) is 17.1 Å². The second-order valence-corrected chi connectivity index (χ2v) is 8.37. The Hall–Kier alpha value is -1.34. The number of aliphatic hydroxyl groups is 1. The molecule has 1 aliphatic rings. The van der Waals surface area contributed by atoms with Gasteiger partial charge in [-0.15, -0.1) is 0 Å². The second kappa shape index (κ2) is 13.8. The minimum Gasteiger partial charge on any atom is -0.386 e. The molecule has 2 unspecified atom stereocenters. The Morgan fingerprint density at radius 3 is 2.52 bits per heavy atom. The standard InChI is InChI=1S/C23H36N2O3S/c1-2-3-5-11-20(29)12-8-13-22(26)24-21(18-25-14-16-28-17-15-25)23(27)19-9-6-4-7-10-19/h4,6-7,9-10,21,23,27H,2-3,5,8,11-18H2,1H3,(H,24,26). The van der Waals surface area contributed by atoms with Crippen LogP contribution in [0.3, 0.4) is 0 Å². The van der Waals surface area contributed by atoms with Gasteiger partial charge in [0.15, 0.2) is 0 Å². The van der Waals surface area contributed by atoms with E-state index in [1.165, 1.54) is 12.8 Å². The van der Waals surface area contributed by atoms with Gasteiger partial charge in [0.1, 0.15) is 6.10 Å². The summed E-state index contributed by atoms with van der Waals surface area (Å²) in [6, 6.07) is 9.20. The molecule has 1 amide bonds. The van der Waals surface area contributed by atoms with Crippen molar-refractivity contribution in [1.82, 2.24) is 10.2 Å². The molecular formula is C23H36N2O3S. The van der Waals surface area contributed by atoms with E-state index < -0.39 is 6.10 Å². The first-order valence-corrected chi connectivity index (χ1v) is 11.3. The van der Waals surface area contributed by atoms with E-state index in [4.69, 9.17) is 17.0 Å². The summed E-state index contributed by atoms with van der Waals surface area (Å²) in [6.07, 6.45) is 5.82. The predicted molar refractivity (Wildman–Crippen MR) is 121 cm³/mol. The third-order valence-corrected chi connectivity index (χ3v) is 5.75. The molecule has 0 radical (unpaired) electrons. The molecule has 1 fully saturated rings. The van der Waals surface area contributed by atoms with Crippen LogP contribution in [0.5, 0.6) is 0 Å². The summed E-state index contributed by atoms with van der Waals surface area (Å²) < 4.78 is 5.41. The van der Waals surface area contributed by atoms with Crippen LogP contribution in [0.15, 0.2) is 30.3 Å². The fourth-order valence-corrected chi connectivity index (χ4v) is 3.88. The zero-order valence-corrected chi connectivity index (χ0v) is 18.5. The summed E-state index contributed by atoms with van der Waals surface area (Å²) in [6.45, 7) is 5.82. The third kappa shape index (κ3) is 9.34. The van der Waals surface area contributed by atoms with Crippen molar-refractivity contribution in [2.45, 2.75) is 64.0 Å². The smallest absolute Gasteiger partial charge is 0.220 e. The zero-order chi connectivity index (χ0) is 20.9. The normalized spacial score (nSPS) is 16.9. The monoisotopic (exact) mass is 420 g/mol. The number of morpholine rings is 1. The Kier molecular flexibility index (Phi) is 11.4. The van der Waals surface area contributed by atoms with Crippen LogP contribution in [0.2, 0.25) is 0 Å². The molecule has 0 saturated carbocycles. The number of rotatable bonds is 13. The number of thiocarbonyl (C=S) groups is 1. The van der Waals surface area contributed by atoms with Crippen molar-refractivity contribution >= 4 is 23.0 Å². The Balaban J connectivity index is 1.85. The number of benzene rings is 1. The van der Waals surface area contributed by atoms with Gasteiger partial charge in [-0.3, -0.25) is 9.69 Å². The van der Waals surface area contributed by atoms with Gasteiger partial charge in [-0.25, -0.2) is 0 Å². The van der Waals surface area contributed by atoms with E-state index in [0.717, 1.165) is 49.2 Å². The largest absolute Gasteiger partial charge is 0.386 e. The lowest BCUT2D eigenvalue weighted by molar-refractivity contribution is -0.123. The number of ether oxygens (including phenoxy) is 1. The zero-order valence-electron chi connectivity index (χ0n) is 17.6. The van der Waals surface area contributed by atoms with Crippen molar-refractivity contribution in [3.05, 3.63) is 35.9 Å². The molecule has 0 aliphatic carbocycles. The number of hydrogen-bond acceptors (Lipinski definition) is 5. The highest BCUT2D eigenvalue weighted by Gasteiger charge is 2.26. The van der Waals surface area contributed by atoms with Crippen LogP contribution < -0.4 is 5.32 Å². The van der Waals surface area contributed by atoms with E-state index in [-0.39, 0.29) is 11.9 Å². The number of carbonyl (C=O) groups is 1. The number of carbonyl (C=O) groups excluding carboxylic acids is 1. The fourth-order valence-electron chi connectivity index (χ4n) is 3.59. The van der Waals surface area contributed by atoms with E-state index >= 15 is 0 Å². The van der Waals surface area contributed by atoms with Gasteiger partial charge in [0.05, 0.1) is 19.3 Å². The predicted octanol–water partition coefficient (Wildman–Crippen LogP) is 3.66. The SMILES string of the molecule is CCCCCC(=S)CCCC(=O)NC(CN1CCOCC1)C(O)c1ccccc1. The lowest BCUT2D eigenvalue weighted by Gasteiger charge is -2.33. The Morgan fingerprint density at radius 2 is 1.83 bits per heavy atom. The molecule has 2 N–H and O–H groups in total. The summed E-state index contributed by atoms with van der Waals surface area (Å²) in [4.78, 5) is 15.9. The molecule has 162 valence electrons. The first kappa shape index (κ1) is 23.9. The lowest BCUT2D eigenvalue weighted by Crippen LogP contribution is -2.49. The highest BCUT2D eigenvalue weighted by Crippen LogP contribution is 2.18. The third-order valence-electron chi connectivity index (χ3n) is 5.35. The molecule has 0 bridgehead atoms. The van der Waals surface area contributed by atoms with Crippen molar-refractivity contribution in [1.29, 1.82) is 0 Å². The average molecular weight is 421 g/mol. The van der Waals surface area contributed by atoms with Gasteiger partial charge in [-0.1, -0.05) is 62.3 Å². The minimum atomic E-state index is -0.738. The summed E-state index contributed by atoms with van der Waals surface area (Å²) >= 11 is 5.43. The molecule has 1 aromatic rings. The highest BCUT2D eigenvalue weighted by molar-refractivity contribution is 7.80. The average Bonchev–Trinajstić information content (AvgIpc) is 2.74. The molecule has 1 aliphatic heterocycles. The number of nitrogens with one attached hydrogen (secondary N) is 1. The molecule has 1 heterocycles. The molecule has 2 atom stereocenters. The van der Waals surface area contributed by atoms with Crippen LogP contribution in [0.25, 0.3) is 0 Å². The van der Waals surface area contributed by atoms with Crippen molar-refractivity contribution in [2.75, 3.05) is 32.8 Å². The maximum absolute atomic E-state index is 12.6. The van der Waals surface area contributed by atoms with Crippen LogP contribution in [-0.4, -0.2) is 59.7 Å². The minimum absolute atomic E-state index is 0.0189. The van der Waals surface area contributed by atoms with Crippen molar-refractivity contribution in [3.8, 4) is 0 Å².